The van der Waals surface area contributed by atoms with Gasteiger partial charge in [0.25, 0.3) is 0 Å². The first-order valence-corrected chi connectivity index (χ1v) is 9.82. The highest BCUT2D eigenvalue weighted by atomic mass is 16.6. The summed E-state index contributed by atoms with van der Waals surface area (Å²) in [6.45, 7) is 2.84. The molecule has 4 rings (SSSR count). The third kappa shape index (κ3) is 3.81. The first-order chi connectivity index (χ1) is 13.6. The first-order valence-electron chi connectivity index (χ1n) is 9.82. The Morgan fingerprint density at radius 2 is 2.04 bits per heavy atom. The monoisotopic (exact) mass is 379 g/mol. The van der Waals surface area contributed by atoms with Crippen LogP contribution in [-0.2, 0) is 11.2 Å². The Bertz CT molecular complexity index is 896. The van der Waals surface area contributed by atoms with Crippen LogP contribution in [0.3, 0.4) is 0 Å². The van der Waals surface area contributed by atoms with E-state index in [1.165, 1.54) is 11.1 Å². The van der Waals surface area contributed by atoms with Gasteiger partial charge in [-0.05, 0) is 55.0 Å². The number of benzene rings is 2. The number of carbonyl (C=O) groups is 2. The van der Waals surface area contributed by atoms with Gasteiger partial charge in [-0.1, -0.05) is 36.8 Å². The van der Waals surface area contributed by atoms with E-state index in [0.29, 0.717) is 18.8 Å². The third-order valence-corrected chi connectivity index (χ3v) is 5.47. The van der Waals surface area contributed by atoms with Gasteiger partial charge >= 0.3 is 12.1 Å². The number of nitrogens with one attached hydrogen (secondary N) is 2. The van der Waals surface area contributed by atoms with Crippen LogP contribution in [0.4, 0.5) is 21.0 Å². The lowest BCUT2D eigenvalue weighted by atomic mass is 9.99. The molecule has 1 fully saturated rings. The van der Waals surface area contributed by atoms with Crippen molar-refractivity contribution in [1.82, 2.24) is 5.32 Å². The second-order valence-electron chi connectivity index (χ2n) is 7.36. The van der Waals surface area contributed by atoms with E-state index in [0.717, 1.165) is 36.9 Å². The van der Waals surface area contributed by atoms with E-state index in [-0.39, 0.29) is 18.2 Å². The number of fused-ring (bicyclic) bond motifs is 1. The molecule has 1 heterocycles. The minimum absolute atomic E-state index is 0.00995. The van der Waals surface area contributed by atoms with Gasteiger partial charge < -0.3 is 15.4 Å². The SMILES string of the molecule is Cc1ccc(N2CCOC2=O)cc1NC(=O)NC1CCCCc2ccccc21. The zero-order valence-corrected chi connectivity index (χ0v) is 16.0. The number of hydrogen-bond donors (Lipinski definition) is 2. The van der Waals surface area contributed by atoms with Crippen molar-refractivity contribution in [1.29, 1.82) is 0 Å². The fourth-order valence-corrected chi connectivity index (χ4v) is 3.93. The molecule has 1 saturated heterocycles. The molecule has 1 unspecified atom stereocenters. The molecule has 6 heteroatoms. The number of nitrogens with zero attached hydrogens (tertiary/aromatic N) is 1. The largest absolute Gasteiger partial charge is 0.447 e. The molecule has 2 aromatic carbocycles. The van der Waals surface area contributed by atoms with Crippen LogP contribution in [0.5, 0.6) is 0 Å². The smallest absolute Gasteiger partial charge is 0.414 e. The first kappa shape index (κ1) is 18.3. The molecule has 0 saturated carbocycles. The van der Waals surface area contributed by atoms with Crippen molar-refractivity contribution in [2.24, 2.45) is 0 Å². The molecule has 0 bridgehead atoms. The lowest BCUT2D eigenvalue weighted by molar-refractivity contribution is 0.181. The highest BCUT2D eigenvalue weighted by molar-refractivity contribution is 5.94. The topological polar surface area (TPSA) is 70.7 Å². The highest BCUT2D eigenvalue weighted by Gasteiger charge is 2.24. The fraction of sp³-hybridized carbons (Fsp3) is 0.364. The summed E-state index contributed by atoms with van der Waals surface area (Å²) in [5.41, 5.74) is 4.88. The van der Waals surface area contributed by atoms with E-state index in [1.807, 2.05) is 31.2 Å². The second kappa shape index (κ2) is 7.92. The van der Waals surface area contributed by atoms with Crippen molar-refractivity contribution in [2.75, 3.05) is 23.4 Å². The molecular weight excluding hydrogens is 354 g/mol. The van der Waals surface area contributed by atoms with Gasteiger partial charge in [0, 0.05) is 11.4 Å². The van der Waals surface area contributed by atoms with Gasteiger partial charge in [-0.25, -0.2) is 9.59 Å². The maximum atomic E-state index is 12.7. The summed E-state index contributed by atoms with van der Waals surface area (Å²) >= 11 is 0. The van der Waals surface area contributed by atoms with Crippen molar-refractivity contribution < 1.29 is 14.3 Å². The van der Waals surface area contributed by atoms with Gasteiger partial charge in [-0.2, -0.15) is 0 Å². The normalized spacial score (nSPS) is 18.8. The van der Waals surface area contributed by atoms with E-state index < -0.39 is 0 Å². The fourth-order valence-electron chi connectivity index (χ4n) is 3.93. The van der Waals surface area contributed by atoms with E-state index in [9.17, 15) is 9.59 Å². The Hall–Kier alpha value is -3.02. The molecule has 1 aliphatic carbocycles. The molecule has 6 nitrogen and oxygen atoms in total. The number of aryl methyl sites for hydroxylation is 2. The summed E-state index contributed by atoms with van der Waals surface area (Å²) in [6, 6.07) is 13.7. The Balaban J connectivity index is 1.49. The Kier molecular flexibility index (Phi) is 5.19. The molecule has 1 aliphatic heterocycles. The van der Waals surface area contributed by atoms with Gasteiger partial charge in [0.05, 0.1) is 12.6 Å². The zero-order valence-electron chi connectivity index (χ0n) is 16.0. The number of cyclic esters (lactones) is 1. The van der Waals surface area contributed by atoms with Gasteiger partial charge in [0.15, 0.2) is 0 Å². The third-order valence-electron chi connectivity index (χ3n) is 5.47. The number of anilines is 2. The minimum atomic E-state index is -0.352. The Morgan fingerprint density at radius 1 is 1.18 bits per heavy atom. The van der Waals surface area contributed by atoms with E-state index in [1.54, 1.807) is 4.90 Å². The summed E-state index contributed by atoms with van der Waals surface area (Å²) in [4.78, 5) is 26.1. The number of ether oxygens (including phenoxy) is 1. The maximum absolute atomic E-state index is 12.7. The molecule has 0 radical (unpaired) electrons. The lowest BCUT2D eigenvalue weighted by Gasteiger charge is -2.21. The van der Waals surface area contributed by atoms with Crippen molar-refractivity contribution in [3.8, 4) is 0 Å². The number of amides is 3. The van der Waals surface area contributed by atoms with Crippen LogP contribution in [0.25, 0.3) is 0 Å². The standard InChI is InChI=1S/C22H25N3O3/c1-15-10-11-17(25-12-13-28-22(25)27)14-20(15)24-21(26)23-19-9-5-3-7-16-6-2-4-8-18(16)19/h2,4,6,8,10-11,14,19H,3,5,7,9,12-13H2,1H3,(H2,23,24,26). The number of carbonyl (C=O) groups excluding carboxylic acids is 2. The predicted octanol–water partition coefficient (Wildman–Crippen LogP) is 4.54. The highest BCUT2D eigenvalue weighted by Crippen LogP contribution is 2.29. The quantitative estimate of drug-likeness (QED) is 0.769. The van der Waals surface area contributed by atoms with Crippen LogP contribution >= 0.6 is 0 Å². The van der Waals surface area contributed by atoms with E-state index in [4.69, 9.17) is 4.74 Å². The average molecular weight is 379 g/mol. The average Bonchev–Trinajstić information content (AvgIpc) is 3.01. The van der Waals surface area contributed by atoms with Crippen LogP contribution in [-0.4, -0.2) is 25.3 Å². The molecule has 0 spiro atoms. The molecule has 146 valence electrons. The second-order valence-corrected chi connectivity index (χ2v) is 7.36. The molecule has 2 aliphatic rings. The lowest BCUT2D eigenvalue weighted by Crippen LogP contribution is -2.33. The molecule has 28 heavy (non-hydrogen) atoms. The van der Waals surface area contributed by atoms with Gasteiger partial charge in [-0.3, -0.25) is 4.90 Å². The predicted molar refractivity (Wildman–Crippen MR) is 109 cm³/mol. The summed E-state index contributed by atoms with van der Waals surface area (Å²) < 4.78 is 5.00. The van der Waals surface area contributed by atoms with Crippen molar-refractivity contribution in [3.05, 3.63) is 59.2 Å². The summed E-state index contributed by atoms with van der Waals surface area (Å²) in [5, 5.41) is 6.09. The van der Waals surface area contributed by atoms with Gasteiger partial charge in [0.1, 0.15) is 6.61 Å². The number of rotatable bonds is 3. The van der Waals surface area contributed by atoms with Crippen LogP contribution in [0.1, 0.15) is 42.0 Å². The molecule has 3 amide bonds. The Morgan fingerprint density at radius 3 is 2.86 bits per heavy atom. The van der Waals surface area contributed by atoms with Crippen LogP contribution in [0, 0.1) is 6.92 Å². The van der Waals surface area contributed by atoms with Crippen LogP contribution < -0.4 is 15.5 Å². The molecule has 2 N–H and O–H groups in total. The minimum Gasteiger partial charge on any atom is -0.447 e. The van der Waals surface area contributed by atoms with Crippen LogP contribution in [0.15, 0.2) is 42.5 Å². The van der Waals surface area contributed by atoms with Crippen LogP contribution in [0.2, 0.25) is 0 Å². The maximum Gasteiger partial charge on any atom is 0.414 e. The van der Waals surface area contributed by atoms with Crippen molar-refractivity contribution in [2.45, 2.75) is 38.6 Å². The summed E-state index contributed by atoms with van der Waals surface area (Å²) in [5.74, 6) is 0. The molecule has 0 aromatic heterocycles. The molecule has 2 aromatic rings. The van der Waals surface area contributed by atoms with Gasteiger partial charge in [-0.15, -0.1) is 0 Å². The summed E-state index contributed by atoms with van der Waals surface area (Å²) in [7, 11) is 0. The van der Waals surface area contributed by atoms with E-state index >= 15 is 0 Å². The van der Waals surface area contributed by atoms with Gasteiger partial charge in [0.2, 0.25) is 0 Å². The molecular formula is C22H25N3O3. The van der Waals surface area contributed by atoms with Crippen molar-refractivity contribution in [3.63, 3.8) is 0 Å². The Labute approximate surface area is 164 Å². The van der Waals surface area contributed by atoms with E-state index in [2.05, 4.69) is 28.8 Å². The number of hydrogen-bond acceptors (Lipinski definition) is 3. The number of urea groups is 1. The zero-order chi connectivity index (χ0) is 19.5. The molecule has 1 atom stereocenters. The van der Waals surface area contributed by atoms with Crippen molar-refractivity contribution >= 4 is 23.5 Å². The summed E-state index contributed by atoms with van der Waals surface area (Å²) in [6.07, 6.45) is 3.87.